The van der Waals surface area contributed by atoms with Gasteiger partial charge in [-0.3, -0.25) is 9.79 Å². The number of benzene rings is 1. The fourth-order valence-corrected chi connectivity index (χ4v) is 8.52. The maximum Gasteiger partial charge on any atom is 0.226 e. The van der Waals surface area contributed by atoms with E-state index in [2.05, 4.69) is 29.3 Å². The van der Waals surface area contributed by atoms with Crippen molar-refractivity contribution < 1.29 is 4.79 Å². The molecule has 0 aromatic heterocycles. The molecule has 5 saturated carbocycles. The van der Waals surface area contributed by atoms with Gasteiger partial charge < -0.3 is 10.2 Å². The molecule has 6 fully saturated rings. The number of carbonyl (C=O) groups is 1. The number of amides is 1. The van der Waals surface area contributed by atoms with Crippen LogP contribution in [-0.2, 0) is 11.2 Å². The first-order chi connectivity index (χ1) is 15.1. The van der Waals surface area contributed by atoms with E-state index in [1.807, 2.05) is 23.9 Å². The zero-order valence-electron chi connectivity index (χ0n) is 19.1. The van der Waals surface area contributed by atoms with Crippen LogP contribution in [0.3, 0.4) is 0 Å². The number of thioether (sulfide) groups is 1. The van der Waals surface area contributed by atoms with Gasteiger partial charge in [-0.1, -0.05) is 30.8 Å². The Morgan fingerprint density at radius 1 is 1.09 bits per heavy atom. The van der Waals surface area contributed by atoms with Gasteiger partial charge in [-0.15, -0.1) is 12.4 Å². The van der Waals surface area contributed by atoms with Crippen molar-refractivity contribution in [3.05, 3.63) is 29.8 Å². The molecule has 32 heavy (non-hydrogen) atoms. The van der Waals surface area contributed by atoms with Crippen LogP contribution in [0.2, 0.25) is 0 Å². The molecule has 1 heterocycles. The van der Waals surface area contributed by atoms with Crippen molar-refractivity contribution in [3.8, 4) is 0 Å². The number of nitrogens with zero attached hydrogens (tertiary/aromatic N) is 2. The van der Waals surface area contributed by atoms with Crippen molar-refractivity contribution in [2.45, 2.75) is 88.8 Å². The van der Waals surface area contributed by atoms with Gasteiger partial charge in [0.05, 0.1) is 5.54 Å². The van der Waals surface area contributed by atoms with Crippen LogP contribution < -0.4 is 5.32 Å². The number of rotatable bonds is 6. The second-order valence-corrected chi connectivity index (χ2v) is 11.9. The summed E-state index contributed by atoms with van der Waals surface area (Å²) in [6, 6.07) is 9.17. The molecule has 5 aliphatic carbocycles. The van der Waals surface area contributed by atoms with Gasteiger partial charge in [0.15, 0.2) is 5.17 Å². The maximum absolute atomic E-state index is 12.8. The van der Waals surface area contributed by atoms with Gasteiger partial charge in [0.2, 0.25) is 5.91 Å². The van der Waals surface area contributed by atoms with E-state index in [1.54, 1.807) is 0 Å². The van der Waals surface area contributed by atoms with E-state index in [9.17, 15) is 4.79 Å². The van der Waals surface area contributed by atoms with E-state index in [-0.39, 0.29) is 23.9 Å². The van der Waals surface area contributed by atoms with Crippen LogP contribution in [0.5, 0.6) is 0 Å². The van der Waals surface area contributed by atoms with Crippen molar-refractivity contribution in [2.75, 3.05) is 11.1 Å². The van der Waals surface area contributed by atoms with Crippen LogP contribution in [-0.4, -0.2) is 39.4 Å². The van der Waals surface area contributed by atoms with Crippen molar-refractivity contribution in [3.63, 3.8) is 0 Å². The minimum Gasteiger partial charge on any atom is -0.344 e. The third kappa shape index (κ3) is 4.44. The summed E-state index contributed by atoms with van der Waals surface area (Å²) in [4.78, 5) is 20.9. The molecule has 6 aliphatic rings. The summed E-state index contributed by atoms with van der Waals surface area (Å²) in [7, 11) is 0. The molecule has 4 nitrogen and oxygen atoms in total. The molecule has 0 radical (unpaired) electrons. The Morgan fingerprint density at radius 2 is 1.72 bits per heavy atom. The smallest absolute Gasteiger partial charge is 0.226 e. The van der Waals surface area contributed by atoms with Gasteiger partial charge >= 0.3 is 0 Å². The molecule has 1 atom stereocenters. The standard InChI is InChI=1S/C26H35N3OS.ClH/c1-2-17-3-5-21(6-4-17)27-24(30)12-23-16-31-25(29(23)22-7-8-22)28-26-13-18-9-19(14-26)11-20(10-18)15-26;/h3-6,18-20,22-23H,2,7-16H2,1H3,(H,27,30);1H/b28-25-;. The number of hydrogen-bond donors (Lipinski definition) is 1. The average Bonchev–Trinajstić information content (AvgIpc) is 3.50. The normalized spacial score (nSPS) is 36.4. The summed E-state index contributed by atoms with van der Waals surface area (Å²) in [5.74, 6) is 3.92. The molecule has 1 aliphatic heterocycles. The van der Waals surface area contributed by atoms with Crippen molar-refractivity contribution in [1.82, 2.24) is 4.90 Å². The Balaban J connectivity index is 0.00000216. The fourth-order valence-electron chi connectivity index (χ4n) is 7.19. The Hall–Kier alpha value is -1.20. The zero-order chi connectivity index (χ0) is 21.0. The molecule has 7 rings (SSSR count). The van der Waals surface area contributed by atoms with Gasteiger partial charge in [-0.05, 0) is 93.2 Å². The molecule has 4 bridgehead atoms. The minimum absolute atomic E-state index is 0. The molecule has 1 aromatic rings. The molecule has 6 heteroatoms. The van der Waals surface area contributed by atoms with Crippen LogP contribution in [0.4, 0.5) is 5.69 Å². The summed E-state index contributed by atoms with van der Waals surface area (Å²) in [6.45, 7) is 2.15. The molecule has 1 saturated heterocycles. The van der Waals surface area contributed by atoms with Crippen LogP contribution >= 0.6 is 24.2 Å². The lowest BCUT2D eigenvalue weighted by molar-refractivity contribution is -0.116. The highest BCUT2D eigenvalue weighted by Crippen LogP contribution is 2.57. The summed E-state index contributed by atoms with van der Waals surface area (Å²) in [6.07, 6.45) is 12.5. The van der Waals surface area contributed by atoms with E-state index >= 15 is 0 Å². The number of aliphatic imine (C=N–C) groups is 1. The third-order valence-electron chi connectivity index (χ3n) is 8.37. The average molecular weight is 474 g/mol. The lowest BCUT2D eigenvalue weighted by atomic mass is 9.53. The first kappa shape index (κ1) is 22.6. The molecule has 1 N–H and O–H groups in total. The number of carbonyl (C=O) groups excluding carboxylic acids is 1. The minimum atomic E-state index is 0. The number of nitrogens with one attached hydrogen (secondary N) is 1. The van der Waals surface area contributed by atoms with Gasteiger partial charge in [-0.2, -0.15) is 0 Å². The third-order valence-corrected chi connectivity index (χ3v) is 9.48. The summed E-state index contributed by atoms with van der Waals surface area (Å²) < 4.78 is 0. The van der Waals surface area contributed by atoms with Crippen molar-refractivity contribution in [1.29, 1.82) is 0 Å². The van der Waals surface area contributed by atoms with Gasteiger partial charge in [0, 0.05) is 29.9 Å². The van der Waals surface area contributed by atoms with Gasteiger partial charge in [-0.25, -0.2) is 0 Å². The fraction of sp³-hybridized carbons (Fsp3) is 0.692. The molecule has 1 unspecified atom stereocenters. The zero-order valence-corrected chi connectivity index (χ0v) is 20.7. The molecular formula is C26H36ClN3OS. The Morgan fingerprint density at radius 3 is 2.28 bits per heavy atom. The number of amidine groups is 1. The molecule has 1 aromatic carbocycles. The SMILES string of the molecule is CCc1ccc(NC(=O)CC2CS/C(=N\C34CC5CC(CC(C5)C3)C4)N2C2CC2)cc1.Cl. The van der Waals surface area contributed by atoms with E-state index in [1.165, 1.54) is 62.1 Å². The Kier molecular flexibility index (Phi) is 6.26. The molecule has 0 spiro atoms. The molecular weight excluding hydrogens is 438 g/mol. The van der Waals surface area contributed by atoms with Crippen LogP contribution in [0.1, 0.15) is 70.3 Å². The van der Waals surface area contributed by atoms with E-state index in [0.717, 1.165) is 35.6 Å². The van der Waals surface area contributed by atoms with E-state index < -0.39 is 0 Å². The quantitative estimate of drug-likeness (QED) is 0.559. The second kappa shape index (κ2) is 8.87. The second-order valence-electron chi connectivity index (χ2n) is 10.9. The highest BCUT2D eigenvalue weighted by molar-refractivity contribution is 8.14. The maximum atomic E-state index is 12.8. The summed E-state index contributed by atoms with van der Waals surface area (Å²) >= 11 is 1.92. The largest absolute Gasteiger partial charge is 0.344 e. The van der Waals surface area contributed by atoms with Crippen molar-refractivity contribution >= 4 is 40.9 Å². The summed E-state index contributed by atoms with van der Waals surface area (Å²) in [5, 5.41) is 4.40. The van der Waals surface area contributed by atoms with Crippen molar-refractivity contribution in [2.24, 2.45) is 22.7 Å². The highest BCUT2D eigenvalue weighted by Gasteiger charge is 2.52. The molecule has 174 valence electrons. The van der Waals surface area contributed by atoms with Gasteiger partial charge in [0.25, 0.3) is 0 Å². The predicted octanol–water partition coefficient (Wildman–Crippen LogP) is 5.90. The monoisotopic (exact) mass is 473 g/mol. The van der Waals surface area contributed by atoms with Crippen LogP contribution in [0.25, 0.3) is 0 Å². The molecule has 1 amide bonds. The van der Waals surface area contributed by atoms with Gasteiger partial charge in [0.1, 0.15) is 0 Å². The topological polar surface area (TPSA) is 44.7 Å². The Bertz CT molecular complexity index is 846. The first-order valence-corrected chi connectivity index (χ1v) is 13.5. The number of aryl methyl sites for hydroxylation is 1. The van der Waals surface area contributed by atoms with E-state index in [4.69, 9.17) is 4.99 Å². The van der Waals surface area contributed by atoms with Crippen LogP contribution in [0, 0.1) is 17.8 Å². The number of hydrogen-bond acceptors (Lipinski definition) is 3. The number of halogens is 1. The predicted molar refractivity (Wildman–Crippen MR) is 136 cm³/mol. The first-order valence-electron chi connectivity index (χ1n) is 12.5. The Labute approximate surface area is 202 Å². The van der Waals surface area contributed by atoms with Crippen LogP contribution in [0.15, 0.2) is 29.3 Å². The summed E-state index contributed by atoms with van der Waals surface area (Å²) in [5.41, 5.74) is 2.44. The lowest BCUT2D eigenvalue weighted by Gasteiger charge is -2.55. The number of anilines is 1. The highest BCUT2D eigenvalue weighted by atomic mass is 35.5. The lowest BCUT2D eigenvalue weighted by Crippen LogP contribution is -2.50. The van der Waals surface area contributed by atoms with E-state index in [0.29, 0.717) is 18.5 Å².